The van der Waals surface area contributed by atoms with Crippen LogP contribution in [0, 0.1) is 6.92 Å². The normalized spacial score (nSPS) is 17.7. The van der Waals surface area contributed by atoms with Crippen LogP contribution < -0.4 is 0 Å². The van der Waals surface area contributed by atoms with Crippen molar-refractivity contribution >= 4 is 21.9 Å². The lowest BCUT2D eigenvalue weighted by Crippen LogP contribution is -2.33. The molecule has 0 bridgehead atoms. The summed E-state index contributed by atoms with van der Waals surface area (Å²) in [6.07, 6.45) is 2.31. The number of halogens is 1. The lowest BCUT2D eigenvalue weighted by molar-refractivity contribution is -0.146. The summed E-state index contributed by atoms with van der Waals surface area (Å²) in [5.41, 5.74) is 2.17. The van der Waals surface area contributed by atoms with Gasteiger partial charge in [-0.05, 0) is 56.1 Å². The molecule has 1 unspecified atom stereocenters. The topological polar surface area (TPSA) is 29.5 Å². The lowest BCUT2D eigenvalue weighted by atomic mass is 10.0. The van der Waals surface area contributed by atoms with Gasteiger partial charge >= 0.3 is 5.97 Å². The third kappa shape index (κ3) is 2.75. The third-order valence-corrected chi connectivity index (χ3v) is 3.96. The van der Waals surface area contributed by atoms with Crippen LogP contribution in [0.4, 0.5) is 0 Å². The molecule has 1 aliphatic rings. The number of nitrogens with zero attached hydrogens (tertiary/aromatic N) is 1. The summed E-state index contributed by atoms with van der Waals surface area (Å²) in [6, 6.07) is 5.78. The van der Waals surface area contributed by atoms with E-state index in [9.17, 15) is 4.79 Å². The van der Waals surface area contributed by atoms with Crippen molar-refractivity contribution in [1.29, 1.82) is 0 Å². The third-order valence-electron chi connectivity index (χ3n) is 3.47. The quantitative estimate of drug-likeness (QED) is 0.803. The van der Waals surface area contributed by atoms with Crippen molar-refractivity contribution in [3.63, 3.8) is 0 Å². The summed E-state index contributed by atoms with van der Waals surface area (Å²) in [6.45, 7) is 3.96. The molecule has 1 atom stereocenters. The number of carbonyl (C=O) groups is 1. The van der Waals surface area contributed by atoms with Gasteiger partial charge in [0.25, 0.3) is 0 Å². The van der Waals surface area contributed by atoms with Crippen LogP contribution in [0.5, 0.6) is 0 Å². The molecule has 1 aromatic carbocycles. The number of hydrogen-bond donors (Lipinski definition) is 0. The van der Waals surface area contributed by atoms with Crippen LogP contribution in [0.3, 0.4) is 0 Å². The van der Waals surface area contributed by atoms with Crippen molar-refractivity contribution in [2.75, 3.05) is 20.2 Å². The zero-order valence-corrected chi connectivity index (χ0v) is 12.4. The molecule has 0 aliphatic carbocycles. The molecule has 1 aliphatic heterocycles. The molecule has 4 heteroatoms. The monoisotopic (exact) mass is 311 g/mol. The first kappa shape index (κ1) is 13.6. The van der Waals surface area contributed by atoms with E-state index >= 15 is 0 Å². The van der Waals surface area contributed by atoms with Gasteiger partial charge in [-0.2, -0.15) is 0 Å². The van der Waals surface area contributed by atoms with Crippen LogP contribution >= 0.6 is 15.9 Å². The summed E-state index contributed by atoms with van der Waals surface area (Å²) < 4.78 is 5.97. The molecule has 0 saturated carbocycles. The van der Waals surface area contributed by atoms with E-state index in [-0.39, 0.29) is 12.0 Å². The van der Waals surface area contributed by atoms with Gasteiger partial charge in [0.15, 0.2) is 0 Å². The van der Waals surface area contributed by atoms with E-state index in [0.717, 1.165) is 41.5 Å². The SMILES string of the molecule is COC(=O)C(c1cc(Br)ccc1C)N1CCCC1. The van der Waals surface area contributed by atoms with Gasteiger partial charge in [-0.3, -0.25) is 4.90 Å². The van der Waals surface area contributed by atoms with Crippen LogP contribution in [0.2, 0.25) is 0 Å². The van der Waals surface area contributed by atoms with E-state index in [1.54, 1.807) is 0 Å². The first-order chi connectivity index (χ1) is 8.63. The van der Waals surface area contributed by atoms with E-state index in [1.807, 2.05) is 25.1 Å². The Morgan fingerprint density at radius 3 is 2.67 bits per heavy atom. The van der Waals surface area contributed by atoms with E-state index in [1.165, 1.54) is 7.11 Å². The van der Waals surface area contributed by atoms with Gasteiger partial charge in [-0.25, -0.2) is 4.79 Å². The molecule has 1 saturated heterocycles. The maximum absolute atomic E-state index is 12.1. The largest absolute Gasteiger partial charge is 0.468 e. The van der Waals surface area contributed by atoms with Crippen LogP contribution in [0.25, 0.3) is 0 Å². The Kier molecular flexibility index (Phi) is 4.40. The number of carbonyl (C=O) groups excluding carboxylic acids is 1. The maximum Gasteiger partial charge on any atom is 0.327 e. The van der Waals surface area contributed by atoms with Crippen LogP contribution in [-0.2, 0) is 9.53 Å². The fourth-order valence-corrected chi connectivity index (χ4v) is 2.87. The molecule has 1 fully saturated rings. The molecule has 0 radical (unpaired) electrons. The predicted molar refractivity (Wildman–Crippen MR) is 74.4 cm³/mol. The average Bonchev–Trinajstić information content (AvgIpc) is 2.87. The van der Waals surface area contributed by atoms with E-state index in [0.29, 0.717) is 0 Å². The average molecular weight is 312 g/mol. The fourth-order valence-electron chi connectivity index (χ4n) is 2.49. The van der Waals surface area contributed by atoms with E-state index in [4.69, 9.17) is 4.74 Å². The number of aryl methyl sites for hydroxylation is 1. The minimum absolute atomic E-state index is 0.168. The zero-order chi connectivity index (χ0) is 13.1. The standard InChI is InChI=1S/C14H18BrNO2/c1-10-5-6-11(15)9-12(10)13(14(17)18-2)16-7-3-4-8-16/h5-6,9,13H,3-4,7-8H2,1-2H3. The van der Waals surface area contributed by atoms with E-state index < -0.39 is 0 Å². The second-order valence-corrected chi connectivity index (χ2v) is 5.59. The van der Waals surface area contributed by atoms with Crippen molar-refractivity contribution in [3.05, 3.63) is 33.8 Å². The van der Waals surface area contributed by atoms with Gasteiger partial charge in [0, 0.05) is 4.47 Å². The Morgan fingerprint density at radius 2 is 2.06 bits per heavy atom. The second kappa shape index (κ2) is 5.85. The highest BCUT2D eigenvalue weighted by atomic mass is 79.9. The van der Waals surface area contributed by atoms with Gasteiger partial charge in [-0.1, -0.05) is 22.0 Å². The van der Waals surface area contributed by atoms with Gasteiger partial charge in [0.05, 0.1) is 7.11 Å². The van der Waals surface area contributed by atoms with Crippen molar-refractivity contribution in [2.45, 2.75) is 25.8 Å². The molecule has 0 N–H and O–H groups in total. The summed E-state index contributed by atoms with van der Waals surface area (Å²) in [5, 5.41) is 0. The van der Waals surface area contributed by atoms with Crippen molar-refractivity contribution < 1.29 is 9.53 Å². The fraction of sp³-hybridized carbons (Fsp3) is 0.500. The molecule has 2 rings (SSSR count). The first-order valence-electron chi connectivity index (χ1n) is 6.21. The Balaban J connectivity index is 2.38. The van der Waals surface area contributed by atoms with Gasteiger partial charge < -0.3 is 4.74 Å². The number of hydrogen-bond acceptors (Lipinski definition) is 3. The minimum Gasteiger partial charge on any atom is -0.468 e. The molecule has 0 amide bonds. The lowest BCUT2D eigenvalue weighted by Gasteiger charge is -2.26. The first-order valence-corrected chi connectivity index (χ1v) is 7.00. The van der Waals surface area contributed by atoms with Gasteiger partial charge in [-0.15, -0.1) is 0 Å². The van der Waals surface area contributed by atoms with Gasteiger partial charge in [0.2, 0.25) is 0 Å². The predicted octanol–water partition coefficient (Wildman–Crippen LogP) is 3.07. The Bertz CT molecular complexity index is 441. The molecule has 18 heavy (non-hydrogen) atoms. The summed E-state index contributed by atoms with van der Waals surface area (Å²) in [7, 11) is 1.46. The molecule has 1 aromatic rings. The number of esters is 1. The highest BCUT2D eigenvalue weighted by molar-refractivity contribution is 9.10. The number of ether oxygens (including phenoxy) is 1. The number of methoxy groups -OCH3 is 1. The molecule has 3 nitrogen and oxygen atoms in total. The molecule has 1 heterocycles. The highest BCUT2D eigenvalue weighted by Gasteiger charge is 2.31. The summed E-state index contributed by atoms with van der Waals surface area (Å²) in [4.78, 5) is 14.3. The highest BCUT2D eigenvalue weighted by Crippen LogP contribution is 2.30. The maximum atomic E-state index is 12.1. The number of rotatable bonds is 3. The molecular weight excluding hydrogens is 294 g/mol. The van der Waals surface area contributed by atoms with Crippen molar-refractivity contribution in [3.8, 4) is 0 Å². The van der Waals surface area contributed by atoms with Crippen LogP contribution in [-0.4, -0.2) is 31.1 Å². The smallest absolute Gasteiger partial charge is 0.327 e. The van der Waals surface area contributed by atoms with Crippen LogP contribution in [0.15, 0.2) is 22.7 Å². The molecule has 0 spiro atoms. The zero-order valence-electron chi connectivity index (χ0n) is 10.8. The number of benzene rings is 1. The number of likely N-dealkylation sites (tertiary alicyclic amines) is 1. The van der Waals surface area contributed by atoms with Crippen molar-refractivity contribution in [1.82, 2.24) is 4.90 Å². The Morgan fingerprint density at radius 1 is 1.39 bits per heavy atom. The van der Waals surface area contributed by atoms with Crippen LogP contribution in [0.1, 0.15) is 30.0 Å². The summed E-state index contributed by atoms with van der Waals surface area (Å²) >= 11 is 3.47. The van der Waals surface area contributed by atoms with Crippen molar-refractivity contribution in [2.24, 2.45) is 0 Å². The molecule has 0 aromatic heterocycles. The Hall–Kier alpha value is -0.870. The molecule has 98 valence electrons. The summed E-state index contributed by atoms with van der Waals surface area (Å²) in [5.74, 6) is -0.168. The Labute approximate surface area is 116 Å². The molecular formula is C14H18BrNO2. The second-order valence-electron chi connectivity index (χ2n) is 4.67. The van der Waals surface area contributed by atoms with Gasteiger partial charge in [0.1, 0.15) is 6.04 Å². The minimum atomic E-state index is -0.269. The van der Waals surface area contributed by atoms with E-state index in [2.05, 4.69) is 20.8 Å².